The molecule has 3 heteroatoms. The number of β-lactam (4-membered cyclic amide) rings is 1. The highest BCUT2D eigenvalue weighted by molar-refractivity contribution is 5.89. The fraction of sp³-hybridized carbons (Fsp3) is 0.600. The third-order valence-corrected chi connectivity index (χ3v) is 1.43. The molecule has 0 aromatic rings. The van der Waals surface area contributed by atoms with Crippen molar-refractivity contribution in [3.05, 3.63) is 0 Å². The summed E-state index contributed by atoms with van der Waals surface area (Å²) in [6.45, 7) is 0. The minimum absolute atomic E-state index is 0.0575. The van der Waals surface area contributed by atoms with E-state index in [2.05, 4.69) is 0 Å². The van der Waals surface area contributed by atoms with E-state index in [0.717, 1.165) is 6.29 Å². The van der Waals surface area contributed by atoms with Crippen LogP contribution in [0.2, 0.25) is 0 Å². The first-order valence-electron chi connectivity index (χ1n) is 2.46. The Kier molecular flexibility index (Phi) is 1.04. The van der Waals surface area contributed by atoms with Crippen molar-refractivity contribution in [2.45, 2.75) is 12.5 Å². The Balaban J connectivity index is 2.47. The van der Waals surface area contributed by atoms with Crippen molar-refractivity contribution in [2.24, 2.45) is 0 Å². The highest BCUT2D eigenvalue weighted by Gasteiger charge is 2.31. The summed E-state index contributed by atoms with van der Waals surface area (Å²) in [7, 11) is 1.63. The number of carbonyl (C=O) groups excluding carboxylic acids is 2. The minimum atomic E-state index is -0.137. The zero-order valence-corrected chi connectivity index (χ0v) is 4.63. The molecule has 0 aromatic carbocycles. The van der Waals surface area contributed by atoms with Gasteiger partial charge in [-0.1, -0.05) is 0 Å². The van der Waals surface area contributed by atoms with E-state index in [1.807, 2.05) is 0 Å². The number of likely N-dealkylation sites (N-methyl/N-ethyl adjacent to an activating group) is 1. The molecule has 1 aliphatic heterocycles. The molecule has 0 aromatic heterocycles. The lowest BCUT2D eigenvalue weighted by atomic mass is 10.1. The lowest BCUT2D eigenvalue weighted by molar-refractivity contribution is -0.146. The number of hydrogen-bond acceptors (Lipinski definition) is 2. The number of likely N-dealkylation sites (tertiary alicyclic amines) is 1. The van der Waals surface area contributed by atoms with Gasteiger partial charge < -0.3 is 9.69 Å². The maximum Gasteiger partial charge on any atom is 0.225 e. The zero-order chi connectivity index (χ0) is 6.15. The molecule has 1 amide bonds. The maximum atomic E-state index is 10.4. The maximum absolute atomic E-state index is 10.4. The van der Waals surface area contributed by atoms with Gasteiger partial charge in [0.25, 0.3) is 0 Å². The lowest BCUT2D eigenvalue weighted by Gasteiger charge is -2.32. The summed E-state index contributed by atoms with van der Waals surface area (Å²) >= 11 is 0. The quantitative estimate of drug-likeness (QED) is 0.337. The van der Waals surface area contributed by atoms with Gasteiger partial charge in [-0.2, -0.15) is 0 Å². The Labute approximate surface area is 47.3 Å². The predicted molar refractivity (Wildman–Crippen MR) is 27.2 cm³/mol. The van der Waals surface area contributed by atoms with Crippen LogP contribution in [-0.2, 0) is 9.59 Å². The second-order valence-corrected chi connectivity index (χ2v) is 1.91. The second kappa shape index (κ2) is 1.58. The molecular weight excluding hydrogens is 106 g/mol. The number of amides is 1. The van der Waals surface area contributed by atoms with Crippen LogP contribution in [0.5, 0.6) is 0 Å². The van der Waals surface area contributed by atoms with Gasteiger partial charge in [0.2, 0.25) is 5.91 Å². The van der Waals surface area contributed by atoms with E-state index in [0.29, 0.717) is 6.42 Å². The van der Waals surface area contributed by atoms with Crippen molar-refractivity contribution in [3.8, 4) is 0 Å². The Morgan fingerprint density at radius 1 is 1.88 bits per heavy atom. The monoisotopic (exact) mass is 113 g/mol. The topological polar surface area (TPSA) is 37.4 Å². The molecule has 8 heavy (non-hydrogen) atoms. The van der Waals surface area contributed by atoms with Gasteiger partial charge in [-0.3, -0.25) is 4.79 Å². The summed E-state index contributed by atoms with van der Waals surface area (Å²) in [5, 5.41) is 0. The van der Waals surface area contributed by atoms with Crippen LogP contribution < -0.4 is 0 Å². The SMILES string of the molecule is CN1C(=O)C[C@H]1C=O. The van der Waals surface area contributed by atoms with Crippen LogP contribution in [-0.4, -0.2) is 30.2 Å². The summed E-state index contributed by atoms with van der Waals surface area (Å²) in [5.41, 5.74) is 0. The third kappa shape index (κ3) is 0.510. The molecular formula is C5H7NO2. The average Bonchev–Trinajstić information content (AvgIpc) is 1.81. The Morgan fingerprint density at radius 3 is 2.62 bits per heavy atom. The molecule has 1 heterocycles. The number of hydrogen-bond donors (Lipinski definition) is 0. The molecule has 0 spiro atoms. The van der Waals surface area contributed by atoms with Gasteiger partial charge in [-0.25, -0.2) is 0 Å². The minimum Gasteiger partial charge on any atom is -0.335 e. The smallest absolute Gasteiger partial charge is 0.225 e. The molecule has 1 rings (SSSR count). The van der Waals surface area contributed by atoms with Crippen molar-refractivity contribution >= 4 is 12.2 Å². The van der Waals surface area contributed by atoms with Gasteiger partial charge in [0.15, 0.2) is 0 Å². The third-order valence-electron chi connectivity index (χ3n) is 1.43. The molecule has 0 saturated carbocycles. The molecule has 1 fully saturated rings. The molecule has 0 radical (unpaired) electrons. The van der Waals surface area contributed by atoms with Gasteiger partial charge in [-0.05, 0) is 0 Å². The first-order chi connectivity index (χ1) is 3.75. The van der Waals surface area contributed by atoms with E-state index in [1.165, 1.54) is 4.90 Å². The van der Waals surface area contributed by atoms with Crippen LogP contribution in [0.1, 0.15) is 6.42 Å². The van der Waals surface area contributed by atoms with E-state index in [9.17, 15) is 9.59 Å². The molecule has 1 atom stereocenters. The molecule has 0 aliphatic carbocycles. The molecule has 3 nitrogen and oxygen atoms in total. The van der Waals surface area contributed by atoms with Crippen LogP contribution in [0.15, 0.2) is 0 Å². The van der Waals surface area contributed by atoms with Crippen molar-refractivity contribution < 1.29 is 9.59 Å². The van der Waals surface area contributed by atoms with Crippen molar-refractivity contribution in [2.75, 3.05) is 7.05 Å². The largest absolute Gasteiger partial charge is 0.335 e. The van der Waals surface area contributed by atoms with E-state index in [4.69, 9.17) is 0 Å². The number of nitrogens with zero attached hydrogens (tertiary/aromatic N) is 1. The van der Waals surface area contributed by atoms with Gasteiger partial charge in [0.1, 0.15) is 6.29 Å². The molecule has 1 aliphatic rings. The summed E-state index contributed by atoms with van der Waals surface area (Å²) in [4.78, 5) is 21.8. The highest BCUT2D eigenvalue weighted by atomic mass is 16.2. The van der Waals surface area contributed by atoms with Gasteiger partial charge >= 0.3 is 0 Å². The van der Waals surface area contributed by atoms with Crippen LogP contribution in [0.25, 0.3) is 0 Å². The van der Waals surface area contributed by atoms with E-state index >= 15 is 0 Å². The number of carbonyl (C=O) groups is 2. The summed E-state index contributed by atoms with van der Waals surface area (Å²) in [6.07, 6.45) is 1.20. The van der Waals surface area contributed by atoms with Crippen molar-refractivity contribution in [1.29, 1.82) is 0 Å². The van der Waals surface area contributed by atoms with Gasteiger partial charge in [0.05, 0.1) is 12.5 Å². The molecule has 0 N–H and O–H groups in total. The Bertz CT molecular complexity index is 132. The van der Waals surface area contributed by atoms with Crippen LogP contribution in [0.3, 0.4) is 0 Å². The van der Waals surface area contributed by atoms with E-state index in [-0.39, 0.29) is 11.9 Å². The fourth-order valence-electron chi connectivity index (χ4n) is 0.672. The first-order valence-corrected chi connectivity index (χ1v) is 2.46. The first kappa shape index (κ1) is 5.28. The van der Waals surface area contributed by atoms with Crippen molar-refractivity contribution in [1.82, 2.24) is 4.90 Å². The Morgan fingerprint density at radius 2 is 2.50 bits per heavy atom. The summed E-state index contributed by atoms with van der Waals surface area (Å²) in [6, 6.07) is -0.137. The average molecular weight is 113 g/mol. The second-order valence-electron chi connectivity index (χ2n) is 1.91. The van der Waals surface area contributed by atoms with E-state index in [1.54, 1.807) is 7.05 Å². The molecule has 0 unspecified atom stereocenters. The number of aldehydes is 1. The Hall–Kier alpha value is -0.860. The van der Waals surface area contributed by atoms with Crippen LogP contribution >= 0.6 is 0 Å². The highest BCUT2D eigenvalue weighted by Crippen LogP contribution is 2.12. The number of rotatable bonds is 1. The summed E-state index contributed by atoms with van der Waals surface area (Å²) < 4.78 is 0. The molecule has 1 saturated heterocycles. The molecule has 44 valence electrons. The van der Waals surface area contributed by atoms with E-state index < -0.39 is 0 Å². The predicted octanol–water partition coefficient (Wildman–Crippen LogP) is -0.584. The standard InChI is InChI=1S/C5H7NO2/c1-6-4(3-7)2-5(6)8/h3-4H,2H2,1H3/t4-/m0/s1. The fourth-order valence-corrected chi connectivity index (χ4v) is 0.672. The summed E-state index contributed by atoms with van der Waals surface area (Å²) in [5.74, 6) is 0.0575. The van der Waals surface area contributed by atoms with Crippen LogP contribution in [0.4, 0.5) is 0 Å². The van der Waals surface area contributed by atoms with Gasteiger partial charge in [0, 0.05) is 7.05 Å². The van der Waals surface area contributed by atoms with Gasteiger partial charge in [-0.15, -0.1) is 0 Å². The normalized spacial score (nSPS) is 27.4. The lowest BCUT2D eigenvalue weighted by Crippen LogP contribution is -2.50. The van der Waals surface area contributed by atoms with Crippen molar-refractivity contribution in [3.63, 3.8) is 0 Å². The molecule has 0 bridgehead atoms. The van der Waals surface area contributed by atoms with Crippen LogP contribution in [0, 0.1) is 0 Å². The zero-order valence-electron chi connectivity index (χ0n) is 4.63.